The van der Waals surface area contributed by atoms with Crippen molar-refractivity contribution in [3.8, 4) is 22.5 Å². The van der Waals surface area contributed by atoms with E-state index in [1.54, 1.807) is 0 Å². The summed E-state index contributed by atoms with van der Waals surface area (Å²) in [6.07, 6.45) is 0. The molecule has 0 saturated carbocycles. The molecular formula is C26H26ClN5. The molecule has 0 bridgehead atoms. The molecule has 32 heavy (non-hydrogen) atoms. The maximum atomic E-state index is 6.27. The Bertz CT molecular complexity index is 1190. The van der Waals surface area contributed by atoms with Crippen LogP contribution in [0.5, 0.6) is 0 Å². The maximum Gasteiger partial charge on any atom is 0.162 e. The summed E-state index contributed by atoms with van der Waals surface area (Å²) in [7, 11) is 0. The molecule has 1 aliphatic rings. The molecule has 0 spiro atoms. The van der Waals surface area contributed by atoms with Gasteiger partial charge in [-0.3, -0.25) is 4.90 Å². The number of nitrogens with zero attached hydrogens (tertiary/aromatic N) is 3. The number of aromatic nitrogens is 2. The van der Waals surface area contributed by atoms with E-state index in [1.807, 2.05) is 24.3 Å². The molecule has 0 radical (unpaired) electrons. The Morgan fingerprint density at radius 2 is 1.56 bits per heavy atom. The van der Waals surface area contributed by atoms with Crippen molar-refractivity contribution in [2.75, 3.05) is 44.6 Å². The van der Waals surface area contributed by atoms with E-state index in [-0.39, 0.29) is 0 Å². The van der Waals surface area contributed by atoms with Crippen molar-refractivity contribution in [2.45, 2.75) is 0 Å². The zero-order chi connectivity index (χ0) is 21.8. The van der Waals surface area contributed by atoms with Gasteiger partial charge >= 0.3 is 0 Å². The third-order valence-electron chi connectivity index (χ3n) is 5.84. The summed E-state index contributed by atoms with van der Waals surface area (Å²) in [5, 5.41) is 8.60. The zero-order valence-electron chi connectivity index (χ0n) is 17.9. The first-order valence-corrected chi connectivity index (χ1v) is 11.4. The molecule has 1 aromatic heterocycles. The van der Waals surface area contributed by atoms with E-state index in [4.69, 9.17) is 21.6 Å². The van der Waals surface area contributed by atoms with Crippen molar-refractivity contribution < 1.29 is 0 Å². The Balaban J connectivity index is 1.42. The van der Waals surface area contributed by atoms with Crippen LogP contribution in [0.15, 0.2) is 72.8 Å². The van der Waals surface area contributed by atoms with Gasteiger partial charge in [0.2, 0.25) is 0 Å². The molecule has 0 unspecified atom stereocenters. The predicted molar refractivity (Wildman–Crippen MR) is 133 cm³/mol. The van der Waals surface area contributed by atoms with E-state index in [2.05, 4.69) is 64.1 Å². The molecule has 5 nitrogen and oxygen atoms in total. The topological polar surface area (TPSA) is 53.1 Å². The van der Waals surface area contributed by atoms with Crippen LogP contribution in [0.1, 0.15) is 0 Å². The Morgan fingerprint density at radius 3 is 2.34 bits per heavy atom. The highest BCUT2D eigenvalue weighted by Crippen LogP contribution is 2.28. The van der Waals surface area contributed by atoms with Crippen molar-refractivity contribution in [3.05, 3.63) is 77.8 Å². The van der Waals surface area contributed by atoms with Gasteiger partial charge in [0.05, 0.1) is 5.52 Å². The smallest absolute Gasteiger partial charge is 0.162 e. The third kappa shape index (κ3) is 4.75. The number of fused-ring (bicyclic) bond motifs is 1. The lowest BCUT2D eigenvalue weighted by molar-refractivity contribution is 0.249. The van der Waals surface area contributed by atoms with Gasteiger partial charge in [-0.2, -0.15) is 0 Å². The number of halogens is 1. The van der Waals surface area contributed by atoms with Gasteiger partial charge in [0.15, 0.2) is 5.82 Å². The molecule has 1 fully saturated rings. The Hall–Kier alpha value is -2.99. The van der Waals surface area contributed by atoms with E-state index < -0.39 is 0 Å². The third-order valence-corrected chi connectivity index (χ3v) is 6.07. The normalized spacial score (nSPS) is 14.5. The van der Waals surface area contributed by atoms with Gasteiger partial charge in [0.25, 0.3) is 0 Å². The van der Waals surface area contributed by atoms with Crippen LogP contribution in [0.4, 0.5) is 5.82 Å². The van der Waals surface area contributed by atoms with Crippen LogP contribution >= 0.6 is 11.6 Å². The molecule has 1 saturated heterocycles. The molecule has 3 aromatic carbocycles. The minimum absolute atomic E-state index is 0.674. The number of benzene rings is 3. The van der Waals surface area contributed by atoms with Gasteiger partial charge in [-0.05, 0) is 29.3 Å². The number of anilines is 1. The molecule has 2 N–H and O–H groups in total. The minimum Gasteiger partial charge on any atom is -0.368 e. The largest absolute Gasteiger partial charge is 0.368 e. The summed E-state index contributed by atoms with van der Waals surface area (Å²) in [5.41, 5.74) is 4.20. The second-order valence-corrected chi connectivity index (χ2v) is 8.46. The van der Waals surface area contributed by atoms with Crippen LogP contribution in [-0.4, -0.2) is 54.1 Å². The van der Waals surface area contributed by atoms with Crippen LogP contribution in [0.3, 0.4) is 0 Å². The summed E-state index contributed by atoms with van der Waals surface area (Å²) in [6.45, 7) is 6.10. The molecule has 2 heterocycles. The number of hydrogen-bond donors (Lipinski definition) is 2. The summed E-state index contributed by atoms with van der Waals surface area (Å²) in [5.74, 6) is 1.55. The van der Waals surface area contributed by atoms with Crippen LogP contribution < -0.4 is 10.6 Å². The number of piperazine rings is 1. The summed E-state index contributed by atoms with van der Waals surface area (Å²) < 4.78 is 0. The van der Waals surface area contributed by atoms with Crippen LogP contribution in [0.25, 0.3) is 33.4 Å². The fraction of sp³-hybridized carbons (Fsp3) is 0.231. The lowest BCUT2D eigenvalue weighted by Gasteiger charge is -2.27. The number of rotatable bonds is 6. The SMILES string of the molecule is Clc1ccc2c(NCCN3CCNCC3)nc(-c3ccc(-c4ccccc4)cc3)nc2c1. The molecular weight excluding hydrogens is 418 g/mol. The second kappa shape index (κ2) is 9.65. The molecule has 1 aliphatic heterocycles. The quantitative estimate of drug-likeness (QED) is 0.442. The summed E-state index contributed by atoms with van der Waals surface area (Å²) >= 11 is 6.27. The van der Waals surface area contributed by atoms with E-state index in [0.717, 1.165) is 61.6 Å². The second-order valence-electron chi connectivity index (χ2n) is 8.02. The van der Waals surface area contributed by atoms with Gasteiger partial charge in [-0.1, -0.05) is 66.2 Å². The van der Waals surface area contributed by atoms with E-state index in [0.29, 0.717) is 10.8 Å². The Kier molecular flexibility index (Phi) is 6.30. The zero-order valence-corrected chi connectivity index (χ0v) is 18.6. The fourth-order valence-corrected chi connectivity index (χ4v) is 4.24. The molecule has 6 heteroatoms. The van der Waals surface area contributed by atoms with Crippen molar-refractivity contribution >= 4 is 28.3 Å². The van der Waals surface area contributed by atoms with Crippen molar-refractivity contribution in [3.63, 3.8) is 0 Å². The molecule has 0 aliphatic carbocycles. The van der Waals surface area contributed by atoms with Crippen LogP contribution in [0, 0.1) is 0 Å². The van der Waals surface area contributed by atoms with Gasteiger partial charge in [-0.25, -0.2) is 9.97 Å². The van der Waals surface area contributed by atoms with E-state index >= 15 is 0 Å². The fourth-order valence-electron chi connectivity index (χ4n) is 4.08. The minimum atomic E-state index is 0.674. The van der Waals surface area contributed by atoms with Gasteiger partial charge in [-0.15, -0.1) is 0 Å². The van der Waals surface area contributed by atoms with E-state index in [9.17, 15) is 0 Å². The molecule has 5 rings (SSSR count). The highest BCUT2D eigenvalue weighted by molar-refractivity contribution is 6.31. The van der Waals surface area contributed by atoms with E-state index in [1.165, 1.54) is 11.1 Å². The number of hydrogen-bond acceptors (Lipinski definition) is 5. The van der Waals surface area contributed by atoms with Crippen molar-refractivity contribution in [1.29, 1.82) is 0 Å². The standard InChI is InChI=1S/C26H26ClN5/c27-22-10-11-23-24(18-22)30-25(31-26(23)29-14-17-32-15-12-28-13-16-32)21-8-6-20(7-9-21)19-4-2-1-3-5-19/h1-11,18,28H,12-17H2,(H,29,30,31). The highest BCUT2D eigenvalue weighted by Gasteiger charge is 2.12. The Morgan fingerprint density at radius 1 is 0.844 bits per heavy atom. The van der Waals surface area contributed by atoms with Crippen LogP contribution in [0.2, 0.25) is 5.02 Å². The molecule has 0 amide bonds. The lowest BCUT2D eigenvalue weighted by Crippen LogP contribution is -2.45. The average Bonchev–Trinajstić information content (AvgIpc) is 2.85. The van der Waals surface area contributed by atoms with Crippen molar-refractivity contribution in [2.24, 2.45) is 0 Å². The Labute approximate surface area is 193 Å². The number of nitrogens with one attached hydrogen (secondary N) is 2. The van der Waals surface area contributed by atoms with Crippen molar-refractivity contribution in [1.82, 2.24) is 20.2 Å². The predicted octanol–water partition coefficient (Wildman–Crippen LogP) is 4.93. The molecule has 0 atom stereocenters. The average molecular weight is 444 g/mol. The van der Waals surface area contributed by atoms with Crippen LogP contribution in [-0.2, 0) is 0 Å². The first-order chi connectivity index (χ1) is 15.8. The maximum absolute atomic E-state index is 6.27. The van der Waals surface area contributed by atoms with Gasteiger partial charge < -0.3 is 10.6 Å². The van der Waals surface area contributed by atoms with Gasteiger partial charge in [0, 0.05) is 55.2 Å². The first-order valence-electron chi connectivity index (χ1n) is 11.1. The monoisotopic (exact) mass is 443 g/mol. The summed E-state index contributed by atoms with van der Waals surface area (Å²) in [6, 6.07) is 24.6. The molecule has 4 aromatic rings. The molecule has 162 valence electrons. The first kappa shape index (κ1) is 20.9. The summed E-state index contributed by atoms with van der Waals surface area (Å²) in [4.78, 5) is 12.2. The van der Waals surface area contributed by atoms with Gasteiger partial charge in [0.1, 0.15) is 5.82 Å². The highest BCUT2D eigenvalue weighted by atomic mass is 35.5. The lowest BCUT2D eigenvalue weighted by atomic mass is 10.0.